The van der Waals surface area contributed by atoms with Crippen molar-refractivity contribution in [3.63, 3.8) is 0 Å². The molecule has 0 spiro atoms. The number of esters is 1. The zero-order chi connectivity index (χ0) is 13.1. The van der Waals surface area contributed by atoms with E-state index in [-0.39, 0.29) is 12.4 Å². The maximum absolute atomic E-state index is 11.4. The second-order valence-electron chi connectivity index (χ2n) is 3.61. The molecular weight excluding hydrogens is 235 g/mol. The molecule has 0 atom stereocenters. The average Bonchev–Trinajstić information content (AvgIpc) is 2.37. The molecule has 2 N–H and O–H groups in total. The molecule has 1 heterocycles. The van der Waals surface area contributed by atoms with Crippen molar-refractivity contribution in [3.05, 3.63) is 30.2 Å². The summed E-state index contributed by atoms with van der Waals surface area (Å²) in [6.45, 7) is 1.96. The number of benzene rings is 1. The SMILES string of the molecule is CCOC(=O)c1ncc2cc(B(O)O)ccc2n1. The summed E-state index contributed by atoms with van der Waals surface area (Å²) in [7, 11) is -1.54. The minimum atomic E-state index is -1.54. The highest BCUT2D eigenvalue weighted by atomic mass is 16.5. The Morgan fingerprint density at radius 3 is 2.89 bits per heavy atom. The average molecular weight is 246 g/mol. The summed E-state index contributed by atoms with van der Waals surface area (Å²) in [4.78, 5) is 19.4. The number of hydrogen-bond donors (Lipinski definition) is 2. The van der Waals surface area contributed by atoms with Gasteiger partial charge in [-0.2, -0.15) is 0 Å². The van der Waals surface area contributed by atoms with Crippen LogP contribution in [0.5, 0.6) is 0 Å². The topological polar surface area (TPSA) is 92.5 Å². The second-order valence-corrected chi connectivity index (χ2v) is 3.61. The van der Waals surface area contributed by atoms with Crippen LogP contribution in [0.3, 0.4) is 0 Å². The molecule has 0 saturated heterocycles. The van der Waals surface area contributed by atoms with Crippen molar-refractivity contribution in [1.82, 2.24) is 9.97 Å². The van der Waals surface area contributed by atoms with Gasteiger partial charge in [-0.1, -0.05) is 12.1 Å². The van der Waals surface area contributed by atoms with Crippen LogP contribution in [0.2, 0.25) is 0 Å². The highest BCUT2D eigenvalue weighted by Gasteiger charge is 2.14. The summed E-state index contributed by atoms with van der Waals surface area (Å²) in [5, 5.41) is 18.7. The first kappa shape index (κ1) is 12.5. The van der Waals surface area contributed by atoms with Crippen molar-refractivity contribution in [2.24, 2.45) is 0 Å². The fraction of sp³-hybridized carbons (Fsp3) is 0.182. The molecule has 1 aromatic carbocycles. The standard InChI is InChI=1S/C11H11BN2O4/c1-2-18-11(15)10-13-6-7-5-8(12(16)17)3-4-9(7)14-10/h3-6,16-17H,2H2,1H3. The van der Waals surface area contributed by atoms with Crippen molar-refractivity contribution in [1.29, 1.82) is 0 Å². The van der Waals surface area contributed by atoms with Gasteiger partial charge in [-0.3, -0.25) is 0 Å². The monoisotopic (exact) mass is 246 g/mol. The van der Waals surface area contributed by atoms with E-state index in [9.17, 15) is 4.79 Å². The Labute approximate surface area is 103 Å². The van der Waals surface area contributed by atoms with E-state index in [0.717, 1.165) is 0 Å². The molecule has 0 aliphatic rings. The van der Waals surface area contributed by atoms with Crippen LogP contribution in [-0.2, 0) is 4.74 Å². The molecule has 0 fully saturated rings. The number of nitrogens with zero attached hydrogens (tertiary/aromatic N) is 2. The number of rotatable bonds is 3. The number of hydrogen-bond acceptors (Lipinski definition) is 6. The van der Waals surface area contributed by atoms with Crippen LogP contribution in [0.25, 0.3) is 10.9 Å². The smallest absolute Gasteiger partial charge is 0.460 e. The minimum absolute atomic E-state index is 0.0124. The molecule has 0 bridgehead atoms. The van der Waals surface area contributed by atoms with E-state index < -0.39 is 13.1 Å². The number of aromatic nitrogens is 2. The van der Waals surface area contributed by atoms with E-state index in [0.29, 0.717) is 16.4 Å². The number of ether oxygens (including phenoxy) is 1. The highest BCUT2D eigenvalue weighted by molar-refractivity contribution is 6.58. The molecule has 0 aliphatic heterocycles. The maximum Gasteiger partial charge on any atom is 0.488 e. The number of carbonyl (C=O) groups is 1. The van der Waals surface area contributed by atoms with E-state index in [1.807, 2.05) is 0 Å². The Morgan fingerprint density at radius 2 is 2.22 bits per heavy atom. The molecule has 0 saturated carbocycles. The molecule has 18 heavy (non-hydrogen) atoms. The van der Waals surface area contributed by atoms with Crippen LogP contribution in [0.4, 0.5) is 0 Å². The summed E-state index contributed by atoms with van der Waals surface area (Å²) in [6.07, 6.45) is 1.44. The Bertz CT molecular complexity index is 588. The molecule has 0 aliphatic carbocycles. The third-order valence-electron chi connectivity index (χ3n) is 2.36. The molecule has 1 aromatic heterocycles. The quantitative estimate of drug-likeness (QED) is 0.559. The Hall–Kier alpha value is -1.99. The zero-order valence-electron chi connectivity index (χ0n) is 9.70. The van der Waals surface area contributed by atoms with Gasteiger partial charge in [0.05, 0.1) is 12.1 Å². The summed E-state index contributed by atoms with van der Waals surface area (Å²) in [5.41, 5.74) is 0.882. The fourth-order valence-electron chi connectivity index (χ4n) is 1.51. The zero-order valence-corrected chi connectivity index (χ0v) is 9.70. The van der Waals surface area contributed by atoms with Gasteiger partial charge in [0.15, 0.2) is 0 Å². The Balaban J connectivity index is 2.41. The van der Waals surface area contributed by atoms with Gasteiger partial charge in [-0.15, -0.1) is 0 Å². The summed E-state index contributed by atoms with van der Waals surface area (Å²) in [5.74, 6) is -0.590. The Kier molecular flexibility index (Phi) is 3.54. The van der Waals surface area contributed by atoms with Crippen molar-refractivity contribution in [2.75, 3.05) is 6.61 Å². The summed E-state index contributed by atoms with van der Waals surface area (Å²) in [6, 6.07) is 4.67. The predicted octanol–water partition coefficient (Wildman–Crippen LogP) is -0.514. The highest BCUT2D eigenvalue weighted by Crippen LogP contribution is 2.09. The van der Waals surface area contributed by atoms with Crippen LogP contribution < -0.4 is 5.46 Å². The minimum Gasteiger partial charge on any atom is -0.460 e. The summed E-state index contributed by atoms with van der Waals surface area (Å²) < 4.78 is 4.79. The maximum atomic E-state index is 11.4. The second kappa shape index (κ2) is 5.11. The molecule has 0 radical (unpaired) electrons. The van der Waals surface area contributed by atoms with Gasteiger partial charge < -0.3 is 14.8 Å². The third kappa shape index (κ3) is 2.47. The molecule has 6 nitrogen and oxygen atoms in total. The van der Waals surface area contributed by atoms with E-state index in [2.05, 4.69) is 9.97 Å². The van der Waals surface area contributed by atoms with Crippen molar-refractivity contribution < 1.29 is 19.6 Å². The largest absolute Gasteiger partial charge is 0.488 e. The lowest BCUT2D eigenvalue weighted by Gasteiger charge is -2.04. The van der Waals surface area contributed by atoms with Gasteiger partial charge >= 0.3 is 13.1 Å². The molecule has 7 heteroatoms. The lowest BCUT2D eigenvalue weighted by atomic mass is 9.80. The molecule has 92 valence electrons. The van der Waals surface area contributed by atoms with Gasteiger partial charge in [0, 0.05) is 11.6 Å². The first-order valence-electron chi connectivity index (χ1n) is 5.41. The molecule has 0 unspecified atom stereocenters. The Morgan fingerprint density at radius 1 is 1.44 bits per heavy atom. The van der Waals surface area contributed by atoms with E-state index in [1.54, 1.807) is 19.1 Å². The van der Waals surface area contributed by atoms with Crippen molar-refractivity contribution in [3.8, 4) is 0 Å². The van der Waals surface area contributed by atoms with E-state index in [4.69, 9.17) is 14.8 Å². The molecule has 2 aromatic rings. The van der Waals surface area contributed by atoms with E-state index >= 15 is 0 Å². The van der Waals surface area contributed by atoms with Gasteiger partial charge in [0.1, 0.15) is 0 Å². The summed E-state index contributed by atoms with van der Waals surface area (Å²) >= 11 is 0. The van der Waals surface area contributed by atoms with E-state index in [1.165, 1.54) is 12.3 Å². The molecule has 2 rings (SSSR count). The van der Waals surface area contributed by atoms with Crippen LogP contribution in [-0.4, -0.2) is 39.7 Å². The van der Waals surface area contributed by atoms with Crippen LogP contribution in [0.15, 0.2) is 24.4 Å². The molecule has 0 amide bonds. The van der Waals surface area contributed by atoms with Crippen LogP contribution >= 0.6 is 0 Å². The van der Waals surface area contributed by atoms with Crippen LogP contribution in [0, 0.1) is 0 Å². The lowest BCUT2D eigenvalue weighted by molar-refractivity contribution is 0.0512. The van der Waals surface area contributed by atoms with Gasteiger partial charge in [-0.05, 0) is 18.5 Å². The first-order valence-corrected chi connectivity index (χ1v) is 5.41. The number of fused-ring (bicyclic) bond motifs is 1. The van der Waals surface area contributed by atoms with Crippen molar-refractivity contribution in [2.45, 2.75) is 6.92 Å². The van der Waals surface area contributed by atoms with Crippen molar-refractivity contribution >= 4 is 29.5 Å². The fourth-order valence-corrected chi connectivity index (χ4v) is 1.51. The normalized spacial score (nSPS) is 10.4. The molecular formula is C11H11BN2O4. The van der Waals surface area contributed by atoms with Gasteiger partial charge in [0.2, 0.25) is 5.82 Å². The number of carbonyl (C=O) groups excluding carboxylic acids is 1. The predicted molar refractivity (Wildman–Crippen MR) is 65.3 cm³/mol. The van der Waals surface area contributed by atoms with Gasteiger partial charge in [0.25, 0.3) is 0 Å². The van der Waals surface area contributed by atoms with Gasteiger partial charge in [-0.25, -0.2) is 14.8 Å². The third-order valence-corrected chi connectivity index (χ3v) is 2.36. The lowest BCUT2D eigenvalue weighted by Crippen LogP contribution is -2.29. The first-order chi connectivity index (χ1) is 8.61. The van der Waals surface area contributed by atoms with Crippen LogP contribution in [0.1, 0.15) is 17.5 Å².